The van der Waals surface area contributed by atoms with E-state index in [0.717, 1.165) is 5.56 Å². The van der Waals surface area contributed by atoms with Crippen LogP contribution in [0.5, 0.6) is 0 Å². The second-order valence-electron chi connectivity index (χ2n) is 5.51. The van der Waals surface area contributed by atoms with Gasteiger partial charge in [0.15, 0.2) is 0 Å². The Kier molecular flexibility index (Phi) is 11.7. The lowest BCUT2D eigenvalue weighted by Gasteiger charge is -2.12. The van der Waals surface area contributed by atoms with Crippen molar-refractivity contribution in [1.29, 1.82) is 0 Å². The zero-order valence-electron chi connectivity index (χ0n) is 16.4. The first kappa shape index (κ1) is 23.5. The number of nitrogens with zero attached hydrogens (tertiary/aromatic N) is 1. The van der Waals surface area contributed by atoms with E-state index in [4.69, 9.17) is 9.47 Å². The molecule has 3 amide bonds. The summed E-state index contributed by atoms with van der Waals surface area (Å²) in [5, 5.41) is 10.5. The summed E-state index contributed by atoms with van der Waals surface area (Å²) in [6.45, 7) is 6.02. The third kappa shape index (κ3) is 11.7. The molecule has 0 unspecified atom stereocenters. The summed E-state index contributed by atoms with van der Waals surface area (Å²) in [4.78, 5) is 39.0. The average molecular weight is 405 g/mol. The fourth-order valence-electron chi connectivity index (χ4n) is 1.94. The van der Waals surface area contributed by atoms with Gasteiger partial charge in [-0.1, -0.05) is 43.0 Å². The van der Waals surface area contributed by atoms with Crippen molar-refractivity contribution in [3.63, 3.8) is 0 Å². The molecule has 0 aliphatic rings. The van der Waals surface area contributed by atoms with E-state index in [1.54, 1.807) is 6.92 Å². The highest BCUT2D eigenvalue weighted by atomic mass is 16.6. The number of carbonyl (C=O) groups is 3. The number of hydrogen-bond acceptors (Lipinski definition) is 6. The van der Waals surface area contributed by atoms with Gasteiger partial charge in [0.05, 0.1) is 6.61 Å². The van der Waals surface area contributed by atoms with Gasteiger partial charge in [0.25, 0.3) is 0 Å². The molecule has 0 spiro atoms. The molecular weight excluding hydrogens is 378 g/mol. The molecule has 29 heavy (non-hydrogen) atoms. The van der Waals surface area contributed by atoms with Gasteiger partial charge < -0.3 is 25.4 Å². The Labute approximate surface area is 169 Å². The van der Waals surface area contributed by atoms with Crippen LogP contribution in [0.2, 0.25) is 0 Å². The van der Waals surface area contributed by atoms with Crippen LogP contribution in [0.25, 0.3) is 0 Å². The van der Waals surface area contributed by atoms with E-state index in [1.807, 2.05) is 30.3 Å². The van der Waals surface area contributed by atoms with Gasteiger partial charge in [-0.15, -0.1) is 0 Å². The van der Waals surface area contributed by atoms with E-state index in [9.17, 15) is 14.4 Å². The predicted octanol–water partition coefficient (Wildman–Crippen LogP) is 0.907. The molecule has 0 aliphatic heterocycles. The number of carbonyl (C=O) groups excluding carboxylic acids is 3. The van der Waals surface area contributed by atoms with Gasteiger partial charge in [-0.25, -0.2) is 14.6 Å². The van der Waals surface area contributed by atoms with Crippen molar-refractivity contribution in [1.82, 2.24) is 21.3 Å². The number of guanidine groups is 1. The molecule has 0 saturated carbocycles. The number of nitrogens with one attached hydrogen (secondary N) is 4. The minimum Gasteiger partial charge on any atom is -0.450 e. The Morgan fingerprint density at radius 1 is 1.03 bits per heavy atom. The molecule has 10 heteroatoms. The van der Waals surface area contributed by atoms with Gasteiger partial charge in [-0.05, 0) is 12.5 Å². The number of benzene rings is 1. The van der Waals surface area contributed by atoms with Crippen molar-refractivity contribution >= 4 is 24.1 Å². The van der Waals surface area contributed by atoms with Crippen LogP contribution < -0.4 is 21.3 Å². The Morgan fingerprint density at radius 3 is 2.45 bits per heavy atom. The molecule has 0 heterocycles. The second-order valence-corrected chi connectivity index (χ2v) is 5.51. The number of aliphatic imine (C=N–C) groups is 1. The number of amides is 3. The van der Waals surface area contributed by atoms with Crippen molar-refractivity contribution in [3.05, 3.63) is 48.6 Å². The molecule has 0 aliphatic carbocycles. The molecule has 1 aromatic carbocycles. The highest BCUT2D eigenvalue weighted by Crippen LogP contribution is 1.96. The third-order valence-electron chi connectivity index (χ3n) is 3.23. The number of hydrogen-bond donors (Lipinski definition) is 4. The summed E-state index contributed by atoms with van der Waals surface area (Å²) in [6.07, 6.45) is 0.153. The number of rotatable bonds is 10. The molecule has 0 atom stereocenters. The molecule has 4 N–H and O–H groups in total. The normalized spacial score (nSPS) is 10.4. The van der Waals surface area contributed by atoms with E-state index < -0.39 is 12.2 Å². The smallest absolute Gasteiger partial charge is 0.413 e. The van der Waals surface area contributed by atoms with Crippen molar-refractivity contribution in [3.8, 4) is 0 Å². The number of ether oxygens (including phenoxy) is 2. The van der Waals surface area contributed by atoms with Gasteiger partial charge >= 0.3 is 12.2 Å². The molecule has 1 aromatic rings. The minimum absolute atomic E-state index is 0.0552. The standard InChI is InChI=1S/C19H27N5O5/c1-3-12-29-18(26)21-11-10-20-17(24-19(27)28-4-2)23-14-16(25)22-13-15-8-6-5-7-9-15/h3,5-9H,1,4,10-14H2,2H3,(H,21,26)(H,22,25)(H2,20,23,24,27). The van der Waals surface area contributed by atoms with Crippen LogP contribution in [0, 0.1) is 0 Å². The summed E-state index contributed by atoms with van der Waals surface area (Å²) in [5.41, 5.74) is 0.960. The molecule has 1 rings (SSSR count). The fourth-order valence-corrected chi connectivity index (χ4v) is 1.94. The van der Waals surface area contributed by atoms with E-state index in [0.29, 0.717) is 6.54 Å². The van der Waals surface area contributed by atoms with Gasteiger partial charge in [0, 0.05) is 19.6 Å². The summed E-state index contributed by atoms with van der Waals surface area (Å²) < 4.78 is 9.57. The lowest BCUT2D eigenvalue weighted by Crippen LogP contribution is -2.44. The second kappa shape index (κ2) is 14.5. The highest BCUT2D eigenvalue weighted by molar-refractivity contribution is 5.95. The maximum atomic E-state index is 12.0. The maximum Gasteiger partial charge on any atom is 0.413 e. The van der Waals surface area contributed by atoms with Crippen LogP contribution in [0.4, 0.5) is 9.59 Å². The topological polar surface area (TPSA) is 130 Å². The molecule has 0 saturated heterocycles. The molecule has 0 radical (unpaired) electrons. The van der Waals surface area contributed by atoms with Gasteiger partial charge in [-0.3, -0.25) is 10.1 Å². The van der Waals surface area contributed by atoms with Crippen LogP contribution >= 0.6 is 0 Å². The summed E-state index contributed by atoms with van der Waals surface area (Å²) >= 11 is 0. The van der Waals surface area contributed by atoms with E-state index in [2.05, 4.69) is 32.8 Å². The van der Waals surface area contributed by atoms with Crippen LogP contribution in [-0.2, 0) is 20.8 Å². The lowest BCUT2D eigenvalue weighted by atomic mass is 10.2. The van der Waals surface area contributed by atoms with Crippen LogP contribution in [0.15, 0.2) is 48.0 Å². The molecule has 0 aromatic heterocycles. The maximum absolute atomic E-state index is 12.0. The van der Waals surface area contributed by atoms with E-state index in [-0.39, 0.29) is 44.7 Å². The van der Waals surface area contributed by atoms with Gasteiger partial charge in [-0.2, -0.15) is 0 Å². The molecular formula is C19H27N5O5. The van der Waals surface area contributed by atoms with Crippen molar-refractivity contribution < 1.29 is 23.9 Å². The Balaban J connectivity index is 2.47. The van der Waals surface area contributed by atoms with Gasteiger partial charge in [0.2, 0.25) is 11.9 Å². The zero-order chi connectivity index (χ0) is 21.3. The Hall–Kier alpha value is -3.56. The van der Waals surface area contributed by atoms with Crippen LogP contribution in [0.1, 0.15) is 12.5 Å². The monoisotopic (exact) mass is 405 g/mol. The Bertz CT molecular complexity index is 693. The molecule has 0 fully saturated rings. The molecule has 10 nitrogen and oxygen atoms in total. The third-order valence-corrected chi connectivity index (χ3v) is 3.23. The van der Waals surface area contributed by atoms with E-state index in [1.165, 1.54) is 6.08 Å². The summed E-state index contributed by atoms with van der Waals surface area (Å²) in [6, 6.07) is 9.44. The lowest BCUT2D eigenvalue weighted by molar-refractivity contribution is -0.119. The van der Waals surface area contributed by atoms with Crippen LogP contribution in [0.3, 0.4) is 0 Å². The van der Waals surface area contributed by atoms with E-state index >= 15 is 0 Å². The van der Waals surface area contributed by atoms with Crippen molar-refractivity contribution in [2.24, 2.45) is 4.99 Å². The van der Waals surface area contributed by atoms with Gasteiger partial charge in [0.1, 0.15) is 13.2 Å². The first-order valence-corrected chi connectivity index (χ1v) is 9.09. The quantitative estimate of drug-likeness (QED) is 0.198. The summed E-state index contributed by atoms with van der Waals surface area (Å²) in [7, 11) is 0. The largest absolute Gasteiger partial charge is 0.450 e. The minimum atomic E-state index is -0.707. The fraction of sp³-hybridized carbons (Fsp3) is 0.368. The molecule has 0 bridgehead atoms. The highest BCUT2D eigenvalue weighted by Gasteiger charge is 2.08. The summed E-state index contributed by atoms with van der Waals surface area (Å²) in [5.74, 6) is -0.260. The van der Waals surface area contributed by atoms with Crippen molar-refractivity contribution in [2.75, 3.05) is 32.8 Å². The zero-order valence-corrected chi connectivity index (χ0v) is 16.4. The first-order valence-electron chi connectivity index (χ1n) is 9.09. The SMILES string of the molecule is C=CCOC(=O)NCCNC(=NCC(=O)NCc1ccccc1)NC(=O)OCC. The number of alkyl carbamates (subject to hydrolysis) is 2. The van der Waals surface area contributed by atoms with Crippen LogP contribution in [-0.4, -0.2) is 56.9 Å². The average Bonchev–Trinajstić information content (AvgIpc) is 2.72. The Morgan fingerprint density at radius 2 is 1.76 bits per heavy atom. The first-order chi connectivity index (χ1) is 14.0. The molecule has 158 valence electrons. The predicted molar refractivity (Wildman–Crippen MR) is 108 cm³/mol. The van der Waals surface area contributed by atoms with Crippen molar-refractivity contribution in [2.45, 2.75) is 13.5 Å².